The minimum absolute atomic E-state index is 0.248. The summed E-state index contributed by atoms with van der Waals surface area (Å²) in [5.41, 5.74) is 2.29. The number of hydrogen-bond acceptors (Lipinski definition) is 3. The molecule has 0 spiro atoms. The molecule has 0 aliphatic heterocycles. The molecule has 0 radical (unpaired) electrons. The summed E-state index contributed by atoms with van der Waals surface area (Å²) >= 11 is 0. The van der Waals surface area contributed by atoms with Gasteiger partial charge in [-0.1, -0.05) is 6.07 Å². The smallest absolute Gasteiger partial charge is 0.448 e. The second-order valence-electron chi connectivity index (χ2n) is 1.98. The maximum Gasteiger partial charge on any atom is 0.530 e. The van der Waals surface area contributed by atoms with Crippen LogP contribution in [0.5, 0.6) is 0 Å². The highest BCUT2D eigenvalue weighted by atomic mass is 19.1. The number of carbonyl (C=O) groups is 1. The Bertz CT molecular complexity index is 290. The molecule has 0 bridgehead atoms. The lowest BCUT2D eigenvalue weighted by molar-refractivity contribution is 0.112. The summed E-state index contributed by atoms with van der Waals surface area (Å²) in [4.78, 5) is 13.9. The average Bonchev–Trinajstić information content (AvgIpc) is 2.01. The lowest BCUT2D eigenvalue weighted by Gasteiger charge is -2.02. The summed E-state index contributed by atoms with van der Waals surface area (Å²) in [6.45, 7) is 0. The third-order valence-corrected chi connectivity index (χ3v) is 1.08. The van der Waals surface area contributed by atoms with Gasteiger partial charge in [-0.3, -0.25) is 0 Å². The Balaban J connectivity index is 2.57. The van der Waals surface area contributed by atoms with E-state index in [1.54, 1.807) is 0 Å². The maximum atomic E-state index is 12.4. The molecule has 64 valence electrons. The van der Waals surface area contributed by atoms with E-state index in [1.807, 2.05) is 5.48 Å². The number of hydrogen-bond donors (Lipinski definition) is 2. The van der Waals surface area contributed by atoms with Gasteiger partial charge in [0, 0.05) is 6.07 Å². The van der Waals surface area contributed by atoms with Crippen molar-refractivity contribution in [3.63, 3.8) is 0 Å². The monoisotopic (exact) mass is 171 g/mol. The molecule has 1 rings (SSSR count). The van der Waals surface area contributed by atoms with Crippen LogP contribution in [0.15, 0.2) is 24.3 Å². The Morgan fingerprint density at radius 2 is 2.33 bits per heavy atom. The SMILES string of the molecule is O=C(O)ONc1cccc(F)c1. The summed E-state index contributed by atoms with van der Waals surface area (Å²) in [7, 11) is 0. The molecule has 0 fully saturated rings. The summed E-state index contributed by atoms with van der Waals surface area (Å²) in [6, 6.07) is 5.27. The van der Waals surface area contributed by atoms with Crippen LogP contribution >= 0.6 is 0 Å². The van der Waals surface area contributed by atoms with Gasteiger partial charge in [0.1, 0.15) is 5.82 Å². The molecule has 4 nitrogen and oxygen atoms in total. The Hall–Kier alpha value is -1.78. The van der Waals surface area contributed by atoms with Gasteiger partial charge in [-0.25, -0.2) is 14.7 Å². The Morgan fingerprint density at radius 3 is 2.92 bits per heavy atom. The lowest BCUT2D eigenvalue weighted by Crippen LogP contribution is -2.07. The Morgan fingerprint density at radius 1 is 1.58 bits per heavy atom. The second-order valence-corrected chi connectivity index (χ2v) is 1.98. The quantitative estimate of drug-likeness (QED) is 0.666. The molecule has 5 heteroatoms. The van der Waals surface area contributed by atoms with Crippen LogP contribution in [0, 0.1) is 5.82 Å². The molecule has 0 saturated heterocycles. The molecule has 1 aromatic rings. The molecule has 0 saturated carbocycles. The molecular formula is C7H6FNO3. The van der Waals surface area contributed by atoms with Crippen molar-refractivity contribution < 1.29 is 19.1 Å². The Kier molecular flexibility index (Phi) is 2.47. The molecule has 0 atom stereocenters. The second kappa shape index (κ2) is 3.56. The first kappa shape index (κ1) is 8.32. The lowest BCUT2D eigenvalue weighted by atomic mass is 10.3. The van der Waals surface area contributed by atoms with Crippen molar-refractivity contribution in [3.8, 4) is 0 Å². The van der Waals surface area contributed by atoms with E-state index in [9.17, 15) is 9.18 Å². The van der Waals surface area contributed by atoms with E-state index >= 15 is 0 Å². The first-order chi connectivity index (χ1) is 5.68. The van der Waals surface area contributed by atoms with Gasteiger partial charge in [0.25, 0.3) is 0 Å². The number of nitrogens with one attached hydrogen (secondary N) is 1. The summed E-state index contributed by atoms with van der Waals surface area (Å²) in [6.07, 6.45) is -1.47. The first-order valence-corrected chi connectivity index (χ1v) is 3.10. The van der Waals surface area contributed by atoms with Crippen LogP contribution in [0.2, 0.25) is 0 Å². The minimum Gasteiger partial charge on any atom is -0.448 e. The van der Waals surface area contributed by atoms with E-state index in [1.165, 1.54) is 18.2 Å². The van der Waals surface area contributed by atoms with Crippen LogP contribution in [-0.2, 0) is 4.84 Å². The van der Waals surface area contributed by atoms with E-state index in [0.717, 1.165) is 6.07 Å². The van der Waals surface area contributed by atoms with Crippen molar-refractivity contribution in [2.75, 3.05) is 5.48 Å². The topological polar surface area (TPSA) is 58.6 Å². The van der Waals surface area contributed by atoms with Gasteiger partial charge in [-0.15, -0.1) is 0 Å². The number of anilines is 1. The van der Waals surface area contributed by atoms with Crippen molar-refractivity contribution in [3.05, 3.63) is 30.1 Å². The van der Waals surface area contributed by atoms with Crippen molar-refractivity contribution in [2.24, 2.45) is 0 Å². The van der Waals surface area contributed by atoms with Crippen molar-refractivity contribution >= 4 is 11.8 Å². The zero-order chi connectivity index (χ0) is 8.97. The molecule has 2 N–H and O–H groups in total. The predicted octanol–water partition coefficient (Wildman–Crippen LogP) is 1.85. The van der Waals surface area contributed by atoms with Crippen LogP contribution < -0.4 is 5.48 Å². The predicted molar refractivity (Wildman–Crippen MR) is 39.1 cm³/mol. The Labute approximate surface area is 67.5 Å². The molecular weight excluding hydrogens is 165 g/mol. The van der Waals surface area contributed by atoms with Gasteiger partial charge in [-0.05, 0) is 12.1 Å². The van der Waals surface area contributed by atoms with E-state index in [0.29, 0.717) is 0 Å². The van der Waals surface area contributed by atoms with Gasteiger partial charge >= 0.3 is 6.16 Å². The fourth-order valence-corrected chi connectivity index (χ4v) is 0.655. The van der Waals surface area contributed by atoms with Crippen LogP contribution in [0.1, 0.15) is 0 Å². The molecule has 0 aliphatic rings. The summed E-state index contributed by atoms with van der Waals surface area (Å²) < 4.78 is 12.4. The highest BCUT2D eigenvalue weighted by Gasteiger charge is 1.97. The minimum atomic E-state index is -1.47. The van der Waals surface area contributed by atoms with Gasteiger partial charge in [-0.2, -0.15) is 0 Å². The molecule has 0 aromatic heterocycles. The van der Waals surface area contributed by atoms with Gasteiger partial charge in [0.05, 0.1) is 5.69 Å². The van der Waals surface area contributed by atoms with E-state index in [4.69, 9.17) is 5.11 Å². The van der Waals surface area contributed by atoms with Crippen LogP contribution in [0.25, 0.3) is 0 Å². The number of carboxylic acid groups (broad SMARTS) is 1. The normalized spacial score (nSPS) is 9.08. The fourth-order valence-electron chi connectivity index (χ4n) is 0.655. The molecule has 12 heavy (non-hydrogen) atoms. The number of halogens is 1. The third kappa shape index (κ3) is 2.45. The number of rotatable bonds is 2. The van der Waals surface area contributed by atoms with Crippen molar-refractivity contribution in [1.29, 1.82) is 0 Å². The third-order valence-electron chi connectivity index (χ3n) is 1.08. The van der Waals surface area contributed by atoms with Crippen LogP contribution in [-0.4, -0.2) is 11.3 Å². The maximum absolute atomic E-state index is 12.4. The van der Waals surface area contributed by atoms with Crippen molar-refractivity contribution in [2.45, 2.75) is 0 Å². The van der Waals surface area contributed by atoms with Gasteiger partial charge in [0.15, 0.2) is 0 Å². The van der Waals surface area contributed by atoms with Crippen molar-refractivity contribution in [1.82, 2.24) is 0 Å². The molecule has 0 unspecified atom stereocenters. The van der Waals surface area contributed by atoms with Gasteiger partial charge in [0.2, 0.25) is 0 Å². The largest absolute Gasteiger partial charge is 0.530 e. The first-order valence-electron chi connectivity index (χ1n) is 3.10. The molecule has 0 heterocycles. The highest BCUT2D eigenvalue weighted by molar-refractivity contribution is 5.58. The molecule has 0 amide bonds. The average molecular weight is 171 g/mol. The highest BCUT2D eigenvalue weighted by Crippen LogP contribution is 2.08. The van der Waals surface area contributed by atoms with E-state index in [-0.39, 0.29) is 5.69 Å². The molecule has 1 aromatic carbocycles. The van der Waals surface area contributed by atoms with E-state index < -0.39 is 12.0 Å². The van der Waals surface area contributed by atoms with Crippen LogP contribution in [0.4, 0.5) is 14.9 Å². The molecule has 0 aliphatic carbocycles. The standard InChI is InChI=1S/C7H6FNO3/c8-5-2-1-3-6(4-5)9-12-7(10)11/h1-4,9H,(H,10,11). The summed E-state index contributed by atoms with van der Waals surface area (Å²) in [5.74, 6) is -0.464. The van der Waals surface area contributed by atoms with Crippen LogP contribution in [0.3, 0.4) is 0 Å². The zero-order valence-corrected chi connectivity index (χ0v) is 5.95. The number of benzene rings is 1. The summed E-state index contributed by atoms with van der Waals surface area (Å²) in [5, 5.41) is 8.07. The van der Waals surface area contributed by atoms with E-state index in [2.05, 4.69) is 4.84 Å². The fraction of sp³-hybridized carbons (Fsp3) is 0. The zero-order valence-electron chi connectivity index (χ0n) is 5.95. The van der Waals surface area contributed by atoms with Gasteiger partial charge < -0.3 is 9.94 Å².